The lowest BCUT2D eigenvalue weighted by atomic mass is 10.3. The molecule has 0 amide bonds. The first kappa shape index (κ1) is 24.3. The fraction of sp³-hybridized carbons (Fsp3) is 0.462. The summed E-state index contributed by atoms with van der Waals surface area (Å²) in [6.07, 6.45) is -3.49. The van der Waals surface area contributed by atoms with Gasteiger partial charge in [0.15, 0.2) is 20.9 Å². The summed E-state index contributed by atoms with van der Waals surface area (Å²) < 4.78 is 94.6. The molecule has 0 aliphatic heterocycles. The molecule has 2 rings (SSSR count). The molecular formula is C13H19F3N2O6S2. The molecule has 1 aromatic carbocycles. The van der Waals surface area contributed by atoms with Crippen molar-refractivity contribution < 1.29 is 43.3 Å². The summed E-state index contributed by atoms with van der Waals surface area (Å²) in [4.78, 5) is -0.00470. The molecule has 0 saturated heterocycles. The lowest BCUT2D eigenvalue weighted by Crippen LogP contribution is -2.37. The number of sulfone groups is 1. The van der Waals surface area contributed by atoms with Gasteiger partial charge in [-0.3, -0.25) is 4.18 Å². The third-order valence-electron chi connectivity index (χ3n) is 3.19. The van der Waals surface area contributed by atoms with Crippen LogP contribution in [0.3, 0.4) is 0 Å². The van der Waals surface area contributed by atoms with E-state index in [1.165, 1.54) is 32.3 Å². The van der Waals surface area contributed by atoms with Gasteiger partial charge in [-0.15, -0.1) is 0 Å². The van der Waals surface area contributed by atoms with Gasteiger partial charge in [0.25, 0.3) is 0 Å². The van der Waals surface area contributed by atoms with Crippen LogP contribution in [-0.2, 0) is 44.7 Å². The summed E-state index contributed by atoms with van der Waals surface area (Å²) in [6, 6.07) is 3.93. The van der Waals surface area contributed by atoms with Crippen molar-refractivity contribution in [2.45, 2.75) is 18.5 Å². The molecule has 1 aromatic heterocycles. The molecule has 1 heterocycles. The standard InChI is InChI=1S/C11H12F3N2O2S.CH4O4S.CH4/c1-15-8-5-4-7(19(3,17)18)6-9(8)16(2)10(15)11(12,13)14;1-5-6(2,3)4;/h4-6H,1-3H3;1H3,(H,2,3,4);1H4/q+1;;/p-1. The summed E-state index contributed by atoms with van der Waals surface area (Å²) in [6.45, 7) is 0. The van der Waals surface area contributed by atoms with E-state index < -0.39 is 32.2 Å². The van der Waals surface area contributed by atoms with Crippen LogP contribution in [0.25, 0.3) is 11.0 Å². The van der Waals surface area contributed by atoms with Crippen LogP contribution in [0.4, 0.5) is 13.2 Å². The third kappa shape index (κ3) is 5.65. The molecule has 8 nitrogen and oxygen atoms in total. The van der Waals surface area contributed by atoms with E-state index in [2.05, 4.69) is 4.18 Å². The van der Waals surface area contributed by atoms with E-state index in [-0.39, 0.29) is 17.8 Å². The van der Waals surface area contributed by atoms with E-state index in [9.17, 15) is 34.6 Å². The van der Waals surface area contributed by atoms with Gasteiger partial charge in [-0.25, -0.2) is 26.0 Å². The molecule has 0 aliphatic carbocycles. The van der Waals surface area contributed by atoms with Crippen molar-refractivity contribution in [1.82, 2.24) is 4.57 Å². The van der Waals surface area contributed by atoms with E-state index in [1.807, 2.05) is 0 Å². The Labute approximate surface area is 149 Å². The van der Waals surface area contributed by atoms with Crippen LogP contribution in [0.2, 0.25) is 0 Å². The normalized spacial score (nSPS) is 12.3. The summed E-state index contributed by atoms with van der Waals surface area (Å²) in [5.74, 6) is -0.840. The van der Waals surface area contributed by atoms with Crippen LogP contribution in [0.1, 0.15) is 13.3 Å². The van der Waals surface area contributed by atoms with Crippen LogP contribution in [0, 0.1) is 0 Å². The molecule has 0 spiro atoms. The van der Waals surface area contributed by atoms with Crippen molar-refractivity contribution >= 4 is 31.3 Å². The number of nitrogens with zero attached hydrogens (tertiary/aromatic N) is 2. The van der Waals surface area contributed by atoms with Gasteiger partial charge >= 0.3 is 12.0 Å². The number of benzene rings is 1. The number of aromatic nitrogens is 2. The highest BCUT2D eigenvalue weighted by Crippen LogP contribution is 2.29. The number of fused-ring (bicyclic) bond motifs is 1. The fourth-order valence-electron chi connectivity index (χ4n) is 2.12. The van der Waals surface area contributed by atoms with Gasteiger partial charge in [0, 0.05) is 12.3 Å². The first-order chi connectivity index (χ1) is 11.1. The number of hydrogen-bond donors (Lipinski definition) is 0. The van der Waals surface area contributed by atoms with Crippen LogP contribution < -0.4 is 4.57 Å². The predicted octanol–water partition coefficient (Wildman–Crippen LogP) is 1.15. The van der Waals surface area contributed by atoms with Crippen molar-refractivity contribution in [1.29, 1.82) is 0 Å². The minimum absolute atomic E-state index is 0. The highest BCUT2D eigenvalue weighted by molar-refractivity contribution is 7.90. The minimum Gasteiger partial charge on any atom is -0.726 e. The second kappa shape index (κ2) is 7.90. The van der Waals surface area contributed by atoms with Gasteiger partial charge in [0.2, 0.25) is 10.4 Å². The van der Waals surface area contributed by atoms with Gasteiger partial charge < -0.3 is 4.55 Å². The molecule has 0 saturated carbocycles. The first-order valence-electron chi connectivity index (χ1n) is 6.36. The summed E-state index contributed by atoms with van der Waals surface area (Å²) in [5.41, 5.74) is 0.542. The van der Waals surface area contributed by atoms with Crippen molar-refractivity contribution in [3.63, 3.8) is 0 Å². The van der Waals surface area contributed by atoms with Crippen molar-refractivity contribution in [3.8, 4) is 0 Å². The Bertz CT molecular complexity index is 995. The van der Waals surface area contributed by atoms with E-state index in [0.717, 1.165) is 22.5 Å². The maximum absolute atomic E-state index is 12.9. The Hall–Kier alpha value is -1.70. The van der Waals surface area contributed by atoms with Gasteiger partial charge in [-0.05, 0) is 12.1 Å². The maximum atomic E-state index is 12.9. The summed E-state index contributed by atoms with van der Waals surface area (Å²) in [7, 11) is -4.50. The molecule has 0 aliphatic rings. The Morgan fingerprint density at radius 3 is 2.00 bits per heavy atom. The fourth-order valence-corrected chi connectivity index (χ4v) is 2.76. The zero-order chi connectivity index (χ0) is 19.8. The number of halogens is 3. The van der Waals surface area contributed by atoms with Gasteiger partial charge in [0.05, 0.1) is 26.1 Å². The highest BCUT2D eigenvalue weighted by Gasteiger charge is 2.45. The second-order valence-corrected chi connectivity index (χ2v) is 8.10. The molecular weight excluding hydrogens is 401 g/mol. The van der Waals surface area contributed by atoms with E-state index >= 15 is 0 Å². The van der Waals surface area contributed by atoms with Gasteiger partial charge in [0.1, 0.15) is 0 Å². The molecule has 26 heavy (non-hydrogen) atoms. The average molecular weight is 420 g/mol. The third-order valence-corrected chi connectivity index (χ3v) is 4.71. The lowest BCUT2D eigenvalue weighted by molar-refractivity contribution is -0.667. The highest BCUT2D eigenvalue weighted by atomic mass is 32.3. The molecule has 0 atom stereocenters. The largest absolute Gasteiger partial charge is 0.726 e. The summed E-state index contributed by atoms with van der Waals surface area (Å²) >= 11 is 0. The molecule has 150 valence electrons. The summed E-state index contributed by atoms with van der Waals surface area (Å²) in [5, 5.41) is 0. The smallest absolute Gasteiger partial charge is 0.495 e. The minimum atomic E-state index is -4.51. The number of rotatable bonds is 2. The Morgan fingerprint density at radius 1 is 1.19 bits per heavy atom. The SMILES string of the molecule is C.COS(=O)(=O)[O-].Cn1c(C(F)(F)F)[n+](C)c2ccc(S(C)(=O)=O)cc21. The van der Waals surface area contributed by atoms with Crippen molar-refractivity contribution in [3.05, 3.63) is 24.0 Å². The van der Waals surface area contributed by atoms with Crippen LogP contribution in [-0.4, -0.2) is 39.3 Å². The lowest BCUT2D eigenvalue weighted by Gasteiger charge is -2.01. The van der Waals surface area contributed by atoms with Gasteiger partial charge in [-0.1, -0.05) is 7.43 Å². The Kier molecular flexibility index (Phi) is 7.38. The predicted molar refractivity (Wildman–Crippen MR) is 85.6 cm³/mol. The molecule has 0 bridgehead atoms. The first-order valence-corrected chi connectivity index (χ1v) is 9.59. The van der Waals surface area contributed by atoms with E-state index in [4.69, 9.17) is 0 Å². The van der Waals surface area contributed by atoms with Gasteiger partial charge in [-0.2, -0.15) is 13.2 Å². The molecule has 0 unspecified atom stereocenters. The van der Waals surface area contributed by atoms with Crippen LogP contribution in [0.15, 0.2) is 23.1 Å². The van der Waals surface area contributed by atoms with Crippen LogP contribution >= 0.6 is 0 Å². The maximum Gasteiger partial charge on any atom is 0.495 e. The number of aryl methyl sites for hydroxylation is 2. The molecule has 0 fully saturated rings. The molecule has 0 radical (unpaired) electrons. The molecule has 2 aromatic rings. The quantitative estimate of drug-likeness (QED) is 0.410. The molecule has 13 heteroatoms. The topological polar surface area (TPSA) is 109 Å². The molecule has 0 N–H and O–H groups in total. The van der Waals surface area contributed by atoms with Crippen molar-refractivity contribution in [2.24, 2.45) is 14.1 Å². The average Bonchev–Trinajstić information content (AvgIpc) is 2.69. The zero-order valence-corrected chi connectivity index (χ0v) is 15.2. The Balaban J connectivity index is 0.000000777. The Morgan fingerprint density at radius 2 is 1.65 bits per heavy atom. The monoisotopic (exact) mass is 420 g/mol. The van der Waals surface area contributed by atoms with E-state index in [0.29, 0.717) is 5.52 Å². The van der Waals surface area contributed by atoms with E-state index in [1.54, 1.807) is 0 Å². The number of hydrogen-bond acceptors (Lipinski definition) is 6. The van der Waals surface area contributed by atoms with Crippen molar-refractivity contribution in [2.75, 3.05) is 13.4 Å². The second-order valence-electron chi connectivity index (χ2n) is 4.94. The van der Waals surface area contributed by atoms with Crippen LogP contribution in [0.5, 0.6) is 0 Å². The zero-order valence-electron chi connectivity index (χ0n) is 13.5. The number of imidazole rings is 1. The number of alkyl halides is 3.